The molecule has 1 unspecified atom stereocenters. The van der Waals surface area contributed by atoms with E-state index in [9.17, 15) is 9.59 Å². The van der Waals surface area contributed by atoms with Crippen LogP contribution in [0.25, 0.3) is 0 Å². The molecule has 1 fully saturated rings. The molecule has 1 aliphatic heterocycles. The molecule has 1 amide bonds. The number of amides is 1. The molecule has 1 N–H and O–H groups in total. The molecule has 0 aromatic heterocycles. The SMILES string of the molecule is CC1=C(C(=O)OC2CCCCC2)C(c2ccccc2Br)CC(=O)N1. The number of carbonyl (C=O) groups is 2. The largest absolute Gasteiger partial charge is 0.459 e. The van der Waals surface area contributed by atoms with Gasteiger partial charge in [-0.3, -0.25) is 4.79 Å². The van der Waals surface area contributed by atoms with Crippen molar-refractivity contribution in [1.29, 1.82) is 0 Å². The molecule has 2 aliphatic rings. The summed E-state index contributed by atoms with van der Waals surface area (Å²) in [7, 11) is 0. The molecule has 1 aromatic rings. The van der Waals surface area contributed by atoms with Gasteiger partial charge < -0.3 is 10.1 Å². The Morgan fingerprint density at radius 3 is 2.62 bits per heavy atom. The van der Waals surface area contributed by atoms with E-state index in [1.54, 1.807) is 6.92 Å². The van der Waals surface area contributed by atoms with Crippen molar-refractivity contribution in [2.75, 3.05) is 0 Å². The Hall–Kier alpha value is -1.62. The highest BCUT2D eigenvalue weighted by Gasteiger charge is 2.34. The third-order valence-electron chi connectivity index (χ3n) is 4.80. The maximum Gasteiger partial charge on any atom is 0.336 e. The van der Waals surface area contributed by atoms with Crippen LogP contribution in [0.3, 0.4) is 0 Å². The van der Waals surface area contributed by atoms with Gasteiger partial charge >= 0.3 is 5.97 Å². The molecule has 4 nitrogen and oxygen atoms in total. The summed E-state index contributed by atoms with van der Waals surface area (Å²) in [6, 6.07) is 7.73. The van der Waals surface area contributed by atoms with Crippen LogP contribution >= 0.6 is 15.9 Å². The van der Waals surface area contributed by atoms with Gasteiger partial charge in [0.05, 0.1) is 5.57 Å². The lowest BCUT2D eigenvalue weighted by molar-refractivity contribution is -0.146. The maximum atomic E-state index is 12.8. The first-order valence-electron chi connectivity index (χ1n) is 8.52. The number of halogens is 1. The van der Waals surface area contributed by atoms with Crippen LogP contribution in [0.5, 0.6) is 0 Å². The highest BCUT2D eigenvalue weighted by Crippen LogP contribution is 2.37. The number of benzene rings is 1. The van der Waals surface area contributed by atoms with Gasteiger partial charge in [-0.15, -0.1) is 0 Å². The first-order valence-corrected chi connectivity index (χ1v) is 9.31. The third kappa shape index (κ3) is 3.72. The first kappa shape index (κ1) is 17.2. The number of esters is 1. The van der Waals surface area contributed by atoms with E-state index in [-0.39, 0.29) is 30.3 Å². The summed E-state index contributed by atoms with van der Waals surface area (Å²) in [6.45, 7) is 1.78. The van der Waals surface area contributed by atoms with Gasteiger partial charge in [0.1, 0.15) is 6.10 Å². The molecule has 1 heterocycles. The van der Waals surface area contributed by atoms with Crippen molar-refractivity contribution in [2.45, 2.75) is 57.5 Å². The standard InChI is InChI=1S/C19H22BrNO3/c1-12-18(19(23)24-13-7-3-2-4-8-13)15(11-17(22)21-12)14-9-5-6-10-16(14)20/h5-6,9-10,13,15H,2-4,7-8,11H2,1H3,(H,21,22). The Kier molecular flexibility index (Phi) is 5.39. The number of ether oxygens (including phenoxy) is 1. The molecule has 0 bridgehead atoms. The summed E-state index contributed by atoms with van der Waals surface area (Å²) in [6.07, 6.45) is 5.57. The third-order valence-corrected chi connectivity index (χ3v) is 5.52. The average Bonchev–Trinajstić information content (AvgIpc) is 2.55. The van der Waals surface area contributed by atoms with Crippen molar-refractivity contribution in [3.05, 3.63) is 45.6 Å². The predicted octanol–water partition coefficient (Wildman–Crippen LogP) is 4.20. The van der Waals surface area contributed by atoms with E-state index in [1.807, 2.05) is 24.3 Å². The van der Waals surface area contributed by atoms with Crippen LogP contribution in [0.2, 0.25) is 0 Å². The Balaban J connectivity index is 1.89. The summed E-state index contributed by atoms with van der Waals surface area (Å²) in [4.78, 5) is 24.8. The lowest BCUT2D eigenvalue weighted by Crippen LogP contribution is -2.35. The van der Waals surface area contributed by atoms with Crippen LogP contribution in [-0.2, 0) is 14.3 Å². The number of allylic oxidation sites excluding steroid dienone is 1. The van der Waals surface area contributed by atoms with Gasteiger partial charge in [-0.25, -0.2) is 4.79 Å². The predicted molar refractivity (Wildman–Crippen MR) is 95.3 cm³/mol. The van der Waals surface area contributed by atoms with Crippen LogP contribution < -0.4 is 5.32 Å². The highest BCUT2D eigenvalue weighted by atomic mass is 79.9. The zero-order valence-electron chi connectivity index (χ0n) is 13.8. The summed E-state index contributed by atoms with van der Waals surface area (Å²) < 4.78 is 6.67. The number of hydrogen-bond donors (Lipinski definition) is 1. The fourth-order valence-corrected chi connectivity index (χ4v) is 4.15. The monoisotopic (exact) mass is 391 g/mol. The zero-order valence-corrected chi connectivity index (χ0v) is 15.4. The van der Waals surface area contributed by atoms with E-state index in [1.165, 1.54) is 6.42 Å². The second kappa shape index (κ2) is 7.51. The Bertz CT molecular complexity index is 677. The molecular weight excluding hydrogens is 370 g/mol. The minimum atomic E-state index is -0.292. The van der Waals surface area contributed by atoms with Gasteiger partial charge in [-0.2, -0.15) is 0 Å². The van der Waals surface area contributed by atoms with E-state index >= 15 is 0 Å². The summed E-state index contributed by atoms with van der Waals surface area (Å²) in [5.41, 5.74) is 2.13. The lowest BCUT2D eigenvalue weighted by atomic mass is 9.84. The van der Waals surface area contributed by atoms with Crippen molar-refractivity contribution in [3.8, 4) is 0 Å². The number of nitrogens with one attached hydrogen (secondary N) is 1. The van der Waals surface area contributed by atoms with Crippen LogP contribution in [0.1, 0.15) is 56.9 Å². The number of rotatable bonds is 3. The van der Waals surface area contributed by atoms with E-state index < -0.39 is 0 Å². The molecule has 0 saturated heterocycles. The van der Waals surface area contributed by atoms with Gasteiger partial charge in [-0.05, 0) is 44.2 Å². The lowest BCUT2D eigenvalue weighted by Gasteiger charge is -2.29. The molecule has 5 heteroatoms. The summed E-state index contributed by atoms with van der Waals surface area (Å²) in [5.74, 6) is -0.631. The van der Waals surface area contributed by atoms with Crippen molar-refractivity contribution >= 4 is 27.8 Å². The van der Waals surface area contributed by atoms with Gasteiger partial charge in [0.25, 0.3) is 0 Å². The molecule has 1 atom stereocenters. The Labute approximate surface area is 150 Å². The first-order chi connectivity index (χ1) is 11.6. The van der Waals surface area contributed by atoms with Crippen LogP contribution in [0.4, 0.5) is 0 Å². The minimum absolute atomic E-state index is 0.00374. The fraction of sp³-hybridized carbons (Fsp3) is 0.474. The average molecular weight is 392 g/mol. The van der Waals surface area contributed by atoms with Gasteiger partial charge in [0.15, 0.2) is 0 Å². The number of carbonyl (C=O) groups excluding carboxylic acids is 2. The van der Waals surface area contributed by atoms with Crippen LogP contribution in [0, 0.1) is 0 Å². The van der Waals surface area contributed by atoms with Gasteiger partial charge in [-0.1, -0.05) is 40.5 Å². The Morgan fingerprint density at radius 1 is 1.21 bits per heavy atom. The molecule has 0 radical (unpaired) electrons. The maximum absolute atomic E-state index is 12.8. The van der Waals surface area contributed by atoms with E-state index in [0.717, 1.165) is 35.7 Å². The fourth-order valence-electron chi connectivity index (χ4n) is 3.59. The van der Waals surface area contributed by atoms with E-state index in [4.69, 9.17) is 4.74 Å². The normalized spacial score (nSPS) is 22.2. The topological polar surface area (TPSA) is 55.4 Å². The van der Waals surface area contributed by atoms with E-state index in [0.29, 0.717) is 11.3 Å². The van der Waals surface area contributed by atoms with E-state index in [2.05, 4.69) is 21.2 Å². The van der Waals surface area contributed by atoms with Crippen molar-refractivity contribution < 1.29 is 14.3 Å². The molecule has 3 rings (SSSR count). The molecule has 1 aliphatic carbocycles. The smallest absolute Gasteiger partial charge is 0.336 e. The summed E-state index contributed by atoms with van der Waals surface area (Å²) >= 11 is 3.54. The highest BCUT2D eigenvalue weighted by molar-refractivity contribution is 9.10. The van der Waals surface area contributed by atoms with Crippen molar-refractivity contribution in [3.63, 3.8) is 0 Å². The second-order valence-electron chi connectivity index (χ2n) is 6.53. The molecule has 0 spiro atoms. The minimum Gasteiger partial charge on any atom is -0.459 e. The van der Waals surface area contributed by atoms with Crippen LogP contribution in [0.15, 0.2) is 40.0 Å². The quantitative estimate of drug-likeness (QED) is 0.785. The van der Waals surface area contributed by atoms with Gasteiger partial charge in [0.2, 0.25) is 5.91 Å². The molecular formula is C19H22BrNO3. The molecule has 24 heavy (non-hydrogen) atoms. The van der Waals surface area contributed by atoms with Gasteiger partial charge in [0, 0.05) is 22.5 Å². The zero-order chi connectivity index (χ0) is 17.1. The van der Waals surface area contributed by atoms with Crippen molar-refractivity contribution in [2.24, 2.45) is 0 Å². The number of hydrogen-bond acceptors (Lipinski definition) is 3. The molecule has 1 saturated carbocycles. The Morgan fingerprint density at radius 2 is 1.92 bits per heavy atom. The second-order valence-corrected chi connectivity index (χ2v) is 7.38. The van der Waals surface area contributed by atoms with Crippen LogP contribution in [-0.4, -0.2) is 18.0 Å². The molecule has 128 valence electrons. The van der Waals surface area contributed by atoms with Crippen molar-refractivity contribution in [1.82, 2.24) is 5.32 Å². The molecule has 1 aromatic carbocycles. The summed E-state index contributed by atoms with van der Waals surface area (Å²) in [5, 5.41) is 2.79.